The van der Waals surface area contributed by atoms with Gasteiger partial charge in [0, 0.05) is 19.0 Å². The van der Waals surface area contributed by atoms with E-state index in [1.807, 2.05) is 0 Å². The monoisotopic (exact) mass is 319 g/mol. The molecule has 122 valence electrons. The van der Waals surface area contributed by atoms with Gasteiger partial charge >= 0.3 is 12.1 Å². The van der Waals surface area contributed by atoms with Gasteiger partial charge in [-0.2, -0.15) is 13.2 Å². The van der Waals surface area contributed by atoms with Crippen molar-refractivity contribution in [1.82, 2.24) is 9.97 Å². The number of nitrogens with one attached hydrogen (secondary N) is 1. The smallest absolute Gasteiger partial charge is 0.408 e. The third-order valence-electron chi connectivity index (χ3n) is 2.43. The molecule has 0 bridgehead atoms. The Balaban J connectivity index is 2.51. The van der Waals surface area contributed by atoms with Crippen LogP contribution >= 0.6 is 0 Å². The molecule has 0 fully saturated rings. The summed E-state index contributed by atoms with van der Waals surface area (Å²) in [7, 11) is 0. The number of carboxylic acids is 1. The highest BCUT2D eigenvalue weighted by Crippen LogP contribution is 2.14. The van der Waals surface area contributed by atoms with E-state index in [1.165, 1.54) is 12.3 Å². The molecule has 22 heavy (non-hydrogen) atoms. The Morgan fingerprint density at radius 3 is 2.77 bits per heavy atom. The molecule has 1 aromatic heterocycles. The molecular weight excluding hydrogens is 303 g/mol. The molecule has 0 aliphatic heterocycles. The maximum Gasteiger partial charge on any atom is 0.408 e. The van der Waals surface area contributed by atoms with Gasteiger partial charge in [0.25, 0.3) is 0 Å². The molecule has 1 aromatic rings. The minimum absolute atomic E-state index is 0.0645. The van der Waals surface area contributed by atoms with Crippen molar-refractivity contribution in [2.75, 3.05) is 11.9 Å². The molecule has 4 N–H and O–H groups in total. The number of aryl methyl sites for hydroxylation is 1. The van der Waals surface area contributed by atoms with Crippen molar-refractivity contribution in [2.24, 2.45) is 10.7 Å². The van der Waals surface area contributed by atoms with Gasteiger partial charge in [-0.25, -0.2) is 15.0 Å². The van der Waals surface area contributed by atoms with Crippen LogP contribution in [0.15, 0.2) is 17.3 Å². The lowest BCUT2D eigenvalue weighted by Crippen LogP contribution is -2.26. The Morgan fingerprint density at radius 1 is 1.41 bits per heavy atom. The maximum atomic E-state index is 12.0. The van der Waals surface area contributed by atoms with Crippen LogP contribution in [0.5, 0.6) is 0 Å². The molecule has 1 heterocycles. The number of anilines is 1. The van der Waals surface area contributed by atoms with Crippen LogP contribution < -0.4 is 11.1 Å². The summed E-state index contributed by atoms with van der Waals surface area (Å²) in [6, 6.07) is 1.44. The van der Waals surface area contributed by atoms with Gasteiger partial charge in [0.15, 0.2) is 5.96 Å². The number of alkyl halides is 3. The number of aromatic nitrogens is 2. The molecule has 0 saturated heterocycles. The molecule has 0 spiro atoms. The van der Waals surface area contributed by atoms with Crippen molar-refractivity contribution in [3.05, 3.63) is 18.1 Å². The van der Waals surface area contributed by atoms with Crippen molar-refractivity contribution < 1.29 is 23.1 Å². The fourth-order valence-corrected chi connectivity index (χ4v) is 1.49. The third-order valence-corrected chi connectivity index (χ3v) is 2.43. The number of aliphatic imine (C=N–C) groups is 1. The molecule has 0 unspecified atom stereocenters. The van der Waals surface area contributed by atoms with E-state index in [-0.39, 0.29) is 12.2 Å². The maximum absolute atomic E-state index is 12.0. The summed E-state index contributed by atoms with van der Waals surface area (Å²) in [4.78, 5) is 21.6. The van der Waals surface area contributed by atoms with Crippen LogP contribution in [-0.2, 0) is 11.2 Å². The molecular formula is C12H16F3N5O2. The summed E-state index contributed by atoms with van der Waals surface area (Å²) in [5.74, 6) is -0.594. The van der Waals surface area contributed by atoms with Crippen LogP contribution in [0.1, 0.15) is 25.1 Å². The van der Waals surface area contributed by atoms with E-state index in [1.54, 1.807) is 0 Å². The van der Waals surface area contributed by atoms with Crippen molar-refractivity contribution in [1.29, 1.82) is 0 Å². The van der Waals surface area contributed by atoms with E-state index in [9.17, 15) is 18.0 Å². The topological polar surface area (TPSA) is 113 Å². The van der Waals surface area contributed by atoms with Gasteiger partial charge < -0.3 is 16.2 Å². The zero-order valence-corrected chi connectivity index (χ0v) is 11.6. The molecule has 0 aromatic carbocycles. The standard InChI is InChI=1S/C12H16F3N5O2/c13-12(14,15)7-18-11(16)20-9-5-6-17-8(19-9)3-1-2-4-10(21)22/h5-6H,1-4,7H2,(H,21,22)(H3,16,17,18,19,20). The van der Waals surface area contributed by atoms with Crippen molar-refractivity contribution in [3.8, 4) is 0 Å². The zero-order valence-electron chi connectivity index (χ0n) is 11.6. The van der Waals surface area contributed by atoms with E-state index in [2.05, 4.69) is 20.3 Å². The molecule has 0 radical (unpaired) electrons. The summed E-state index contributed by atoms with van der Waals surface area (Å²) in [6.07, 6.45) is -1.39. The molecule has 0 amide bonds. The predicted octanol–water partition coefficient (Wildman–Crippen LogP) is 1.56. The molecule has 0 aliphatic carbocycles. The van der Waals surface area contributed by atoms with E-state index in [0.29, 0.717) is 25.1 Å². The summed E-state index contributed by atoms with van der Waals surface area (Å²) < 4.78 is 36.0. The number of hydrogen-bond donors (Lipinski definition) is 3. The second-order valence-electron chi connectivity index (χ2n) is 4.40. The SMILES string of the molecule is NC(=NCC(F)(F)F)Nc1ccnc(CCCCC(=O)O)n1. The molecule has 0 saturated carbocycles. The Bertz CT molecular complexity index is 534. The Kier molecular flexibility index (Phi) is 6.54. The van der Waals surface area contributed by atoms with Crippen LogP contribution in [-0.4, -0.2) is 39.7 Å². The van der Waals surface area contributed by atoms with Crippen molar-refractivity contribution >= 4 is 17.7 Å². The van der Waals surface area contributed by atoms with Crippen LogP contribution in [0.3, 0.4) is 0 Å². The van der Waals surface area contributed by atoms with Gasteiger partial charge in [0.1, 0.15) is 18.2 Å². The summed E-state index contributed by atoms with van der Waals surface area (Å²) in [6.45, 7) is -1.38. The number of nitrogens with two attached hydrogens (primary N) is 1. The largest absolute Gasteiger partial charge is 0.481 e. The minimum atomic E-state index is -4.42. The number of unbranched alkanes of at least 4 members (excludes halogenated alkanes) is 1. The molecule has 7 nitrogen and oxygen atoms in total. The highest BCUT2D eigenvalue weighted by molar-refractivity contribution is 5.91. The Hall–Kier alpha value is -2.39. The van der Waals surface area contributed by atoms with E-state index in [0.717, 1.165) is 0 Å². The first-order valence-corrected chi connectivity index (χ1v) is 6.43. The lowest BCUT2D eigenvalue weighted by molar-refractivity contribution is -0.137. The summed E-state index contributed by atoms with van der Waals surface area (Å²) >= 11 is 0. The zero-order chi connectivity index (χ0) is 16.6. The van der Waals surface area contributed by atoms with E-state index < -0.39 is 24.6 Å². The predicted molar refractivity (Wildman–Crippen MR) is 73.4 cm³/mol. The van der Waals surface area contributed by atoms with Gasteiger partial charge in [-0.1, -0.05) is 0 Å². The first kappa shape index (κ1) is 17.7. The van der Waals surface area contributed by atoms with E-state index >= 15 is 0 Å². The number of halogens is 3. The average Bonchev–Trinajstić information content (AvgIpc) is 2.41. The number of nitrogens with zero attached hydrogens (tertiary/aromatic N) is 3. The second kappa shape index (κ2) is 8.15. The van der Waals surface area contributed by atoms with Crippen molar-refractivity contribution in [3.63, 3.8) is 0 Å². The fraction of sp³-hybridized carbons (Fsp3) is 0.500. The number of carbonyl (C=O) groups is 1. The highest BCUT2D eigenvalue weighted by Gasteiger charge is 2.26. The first-order chi connectivity index (χ1) is 10.3. The Morgan fingerprint density at radius 2 is 2.14 bits per heavy atom. The third kappa shape index (κ3) is 8.02. The van der Waals surface area contributed by atoms with Gasteiger partial charge in [-0.05, 0) is 18.9 Å². The molecule has 0 aliphatic rings. The number of aliphatic carboxylic acids is 1. The number of guanidine groups is 1. The lowest BCUT2D eigenvalue weighted by atomic mass is 10.2. The van der Waals surface area contributed by atoms with Crippen LogP contribution in [0.25, 0.3) is 0 Å². The van der Waals surface area contributed by atoms with Crippen molar-refractivity contribution in [2.45, 2.75) is 31.9 Å². The normalized spacial score (nSPS) is 12.2. The van der Waals surface area contributed by atoms with Gasteiger partial charge in [0.2, 0.25) is 0 Å². The fourth-order valence-electron chi connectivity index (χ4n) is 1.49. The number of rotatable bonds is 7. The lowest BCUT2D eigenvalue weighted by Gasteiger charge is -2.07. The number of hydrogen-bond acceptors (Lipinski definition) is 4. The second-order valence-corrected chi connectivity index (χ2v) is 4.40. The van der Waals surface area contributed by atoms with Gasteiger partial charge in [-0.15, -0.1) is 0 Å². The van der Waals surface area contributed by atoms with Crippen LogP contribution in [0.4, 0.5) is 19.0 Å². The minimum Gasteiger partial charge on any atom is -0.481 e. The summed E-state index contributed by atoms with van der Waals surface area (Å²) in [5.41, 5.74) is 5.33. The highest BCUT2D eigenvalue weighted by atomic mass is 19.4. The Labute approximate surface area is 124 Å². The molecule has 0 atom stereocenters. The molecule has 1 rings (SSSR count). The number of carboxylic acid groups (broad SMARTS) is 1. The quantitative estimate of drug-likeness (QED) is 0.399. The molecule has 10 heteroatoms. The first-order valence-electron chi connectivity index (χ1n) is 6.43. The van der Waals surface area contributed by atoms with Gasteiger partial charge in [-0.3, -0.25) is 4.79 Å². The van der Waals surface area contributed by atoms with E-state index in [4.69, 9.17) is 10.8 Å². The van der Waals surface area contributed by atoms with Crippen LogP contribution in [0.2, 0.25) is 0 Å². The van der Waals surface area contributed by atoms with Gasteiger partial charge in [0.05, 0.1) is 0 Å². The summed E-state index contributed by atoms with van der Waals surface area (Å²) in [5, 5.41) is 11.0. The van der Waals surface area contributed by atoms with Crippen LogP contribution in [0, 0.1) is 0 Å². The average molecular weight is 319 g/mol.